The normalized spacial score (nSPS) is 20.4. The summed E-state index contributed by atoms with van der Waals surface area (Å²) < 4.78 is 283. The van der Waals surface area contributed by atoms with Gasteiger partial charge in [0.2, 0.25) is 0 Å². The van der Waals surface area contributed by atoms with E-state index < -0.39 is 281 Å². The molecule has 238 valence electrons. The van der Waals surface area contributed by atoms with E-state index in [1.54, 1.807) is 0 Å². The van der Waals surface area contributed by atoms with E-state index in [2.05, 4.69) is 0 Å². The largest absolute Gasteiger partial charge is 0.309 e. The van der Waals surface area contributed by atoms with Gasteiger partial charge < -0.3 is 13.7 Å². The van der Waals surface area contributed by atoms with Crippen molar-refractivity contribution in [3.05, 3.63) is 187 Å². The SMILES string of the molecule is [2H]c1c([2H])c([2H])c(-n2c3c([2H])c([2H])c([2H])c([2H])c3c3c([2H])c([2H])c([2H])c([2H])c32)c(-c2c([2H])c([2H])c([2H])c(-n3c4c([2H])c([2H])c([2H])c([2H])c4c4c([2H])c(-n5c6c([2H])c([2H])c([2H])c([2H])c6c6c([2H])c([2H])c([2H])c([2H])c65)c([2H])c([2H])c43)c2[2H])c1[2H]. The molecule has 0 N–H and O–H groups in total. The van der Waals surface area contributed by atoms with E-state index in [1.165, 1.54) is 0 Å². The Morgan fingerprint density at radius 3 is 1.25 bits per heavy atom. The van der Waals surface area contributed by atoms with Crippen molar-refractivity contribution in [2.24, 2.45) is 0 Å². The zero-order valence-corrected chi connectivity index (χ0v) is 25.3. The van der Waals surface area contributed by atoms with Crippen LogP contribution in [-0.2, 0) is 0 Å². The van der Waals surface area contributed by atoms with Crippen LogP contribution in [0.25, 0.3) is 93.6 Å². The lowest BCUT2D eigenvalue weighted by Gasteiger charge is -2.15. The summed E-state index contributed by atoms with van der Waals surface area (Å²) in [6.07, 6.45) is 0. The molecule has 3 nitrogen and oxygen atoms in total. The van der Waals surface area contributed by atoms with Gasteiger partial charge in [-0.3, -0.25) is 0 Å². The highest BCUT2D eigenvalue weighted by atomic mass is 15.0. The molecule has 0 amide bonds. The zero-order chi connectivity index (χ0) is 60.4. The van der Waals surface area contributed by atoms with Crippen LogP contribution in [0, 0.1) is 0 Å². The molecule has 0 spiro atoms. The highest BCUT2D eigenvalue weighted by molar-refractivity contribution is 6.13. The Morgan fingerprint density at radius 2 is 0.706 bits per heavy atom. The Bertz CT molecular complexity index is 4780. The highest BCUT2D eigenvalue weighted by Crippen LogP contribution is 2.39. The van der Waals surface area contributed by atoms with Crippen LogP contribution in [0.3, 0.4) is 0 Å². The van der Waals surface area contributed by atoms with Gasteiger partial charge in [0.1, 0.15) is 0 Å². The summed E-state index contributed by atoms with van der Waals surface area (Å²) in [6.45, 7) is 0. The summed E-state index contributed by atoms with van der Waals surface area (Å²) in [7, 11) is 0. The second-order valence-electron chi connectivity index (χ2n) is 11.0. The fraction of sp³-hybridized carbons (Fsp3) is 0. The minimum atomic E-state index is -1.19. The number of hydrogen-bond acceptors (Lipinski definition) is 0. The Morgan fingerprint density at radius 1 is 0.294 bits per heavy atom. The maximum atomic E-state index is 10.1. The van der Waals surface area contributed by atoms with Crippen LogP contribution in [0.1, 0.15) is 42.5 Å². The van der Waals surface area contributed by atoms with Crippen LogP contribution in [-0.4, -0.2) is 13.7 Å². The number of benzene rings is 8. The molecular formula is C48H31N3. The van der Waals surface area contributed by atoms with Gasteiger partial charge >= 0.3 is 0 Å². The van der Waals surface area contributed by atoms with Crippen molar-refractivity contribution in [3.8, 4) is 28.2 Å². The topological polar surface area (TPSA) is 14.8 Å². The molecule has 0 fully saturated rings. The lowest BCUT2D eigenvalue weighted by molar-refractivity contribution is 1.16. The van der Waals surface area contributed by atoms with E-state index in [0.717, 1.165) is 4.57 Å². The van der Waals surface area contributed by atoms with Crippen LogP contribution in [0.5, 0.6) is 0 Å². The average molecular weight is 681 g/mol. The number of aromatic nitrogens is 3. The standard InChI is InChI=1S/C48H31N3/c1-7-22-42(51-46-26-11-4-19-38(46)39-20-5-12-27-47(39)51)35(16-1)32-14-13-15-33(30-32)49-45-25-10-6-21-40(45)41-31-34(28-29-48(41)49)50-43-23-8-2-17-36(43)37-18-3-9-24-44(37)50/h1-31H/i1D,2D,3D,4D,5D,6D,7D,8D,9D,10D,11D,12D,13D,14D,15D,16D,17D,18D,19D,20D,21D,22D,23D,24D,25D,26D,27D,28D,29D,30D,31D. The maximum absolute atomic E-state index is 10.1. The number of nitrogens with zero attached hydrogens (tertiary/aromatic N) is 3. The quantitative estimate of drug-likeness (QED) is 0.176. The van der Waals surface area contributed by atoms with Crippen molar-refractivity contribution in [1.29, 1.82) is 0 Å². The maximum Gasteiger partial charge on any atom is 0.0652 e. The summed E-state index contributed by atoms with van der Waals surface area (Å²) in [6, 6.07) is -30.1. The molecule has 0 aliphatic carbocycles. The molecule has 0 saturated heterocycles. The molecule has 3 heteroatoms. The van der Waals surface area contributed by atoms with E-state index in [-0.39, 0.29) is 0 Å². The van der Waals surface area contributed by atoms with Crippen molar-refractivity contribution in [2.75, 3.05) is 0 Å². The number of fused-ring (bicyclic) bond motifs is 9. The second-order valence-corrected chi connectivity index (χ2v) is 11.0. The monoisotopic (exact) mass is 680 g/mol. The molecule has 11 aromatic rings. The van der Waals surface area contributed by atoms with E-state index >= 15 is 0 Å². The molecule has 0 atom stereocenters. The Balaban J connectivity index is 1.38. The number of hydrogen-bond donors (Lipinski definition) is 0. The molecule has 3 aromatic heterocycles. The summed E-state index contributed by atoms with van der Waals surface area (Å²) in [4.78, 5) is 0. The predicted molar refractivity (Wildman–Crippen MR) is 215 cm³/mol. The van der Waals surface area contributed by atoms with Crippen molar-refractivity contribution in [3.63, 3.8) is 0 Å². The molecule has 0 aliphatic rings. The van der Waals surface area contributed by atoms with Crippen LogP contribution in [0.4, 0.5) is 0 Å². The first kappa shape index (κ1) is 11.3. The first-order valence-corrected chi connectivity index (χ1v) is 15.0. The van der Waals surface area contributed by atoms with Crippen LogP contribution in [0.2, 0.25) is 0 Å². The van der Waals surface area contributed by atoms with Crippen molar-refractivity contribution >= 4 is 65.4 Å². The molecule has 0 radical (unpaired) electrons. The van der Waals surface area contributed by atoms with Crippen molar-refractivity contribution in [2.45, 2.75) is 0 Å². The van der Waals surface area contributed by atoms with Gasteiger partial charge in [0.25, 0.3) is 0 Å². The van der Waals surface area contributed by atoms with Gasteiger partial charge in [-0.15, -0.1) is 0 Å². The number of para-hydroxylation sites is 6. The van der Waals surface area contributed by atoms with Gasteiger partial charge in [-0.05, 0) is 72.0 Å². The highest BCUT2D eigenvalue weighted by Gasteiger charge is 2.18. The first-order valence-electron chi connectivity index (χ1n) is 30.5. The van der Waals surface area contributed by atoms with Gasteiger partial charge in [-0.25, -0.2) is 0 Å². The molecule has 11 rings (SSSR count). The Kier molecular flexibility index (Phi) is 2.41. The minimum Gasteiger partial charge on any atom is -0.309 e. The zero-order valence-electron chi connectivity index (χ0n) is 56.3. The Labute approximate surface area is 338 Å². The van der Waals surface area contributed by atoms with Gasteiger partial charge in [0.15, 0.2) is 0 Å². The number of rotatable bonds is 4. The third kappa shape index (κ3) is 4.06. The van der Waals surface area contributed by atoms with Gasteiger partial charge in [0, 0.05) is 49.3 Å². The Hall–Kier alpha value is -6.84. The van der Waals surface area contributed by atoms with Crippen molar-refractivity contribution in [1.82, 2.24) is 13.7 Å². The minimum absolute atomic E-state index is 0.494. The summed E-state index contributed by atoms with van der Waals surface area (Å²) in [5.41, 5.74) is -8.79. The van der Waals surface area contributed by atoms with E-state index in [4.69, 9.17) is 27.4 Å². The van der Waals surface area contributed by atoms with Gasteiger partial charge in [-0.1, -0.05) is 121 Å². The van der Waals surface area contributed by atoms with E-state index in [9.17, 15) is 15.1 Å². The van der Waals surface area contributed by atoms with Gasteiger partial charge in [0.05, 0.1) is 81.3 Å². The molecular weight excluding hydrogens is 619 g/mol. The predicted octanol–water partition coefficient (Wildman–Crippen LogP) is 12.6. The molecule has 0 unspecified atom stereocenters. The molecule has 3 heterocycles. The molecule has 0 aliphatic heterocycles. The third-order valence-electron chi connectivity index (χ3n) is 8.41. The fourth-order valence-corrected chi connectivity index (χ4v) is 6.35. The van der Waals surface area contributed by atoms with Crippen LogP contribution < -0.4 is 0 Å². The fourth-order valence-electron chi connectivity index (χ4n) is 6.35. The van der Waals surface area contributed by atoms with Gasteiger partial charge in [-0.2, -0.15) is 0 Å². The van der Waals surface area contributed by atoms with Crippen LogP contribution in [0.15, 0.2) is 187 Å². The summed E-state index contributed by atoms with van der Waals surface area (Å²) >= 11 is 0. The molecule has 0 saturated carbocycles. The van der Waals surface area contributed by atoms with Crippen molar-refractivity contribution < 1.29 is 42.5 Å². The van der Waals surface area contributed by atoms with E-state index in [0.29, 0.717) is 9.13 Å². The second kappa shape index (κ2) is 10.8. The molecule has 0 bridgehead atoms. The lowest BCUT2D eigenvalue weighted by Crippen LogP contribution is -1.98. The first-order chi connectivity index (χ1) is 38.2. The summed E-state index contributed by atoms with van der Waals surface area (Å²) in [5, 5.41) is -3.46. The molecule has 51 heavy (non-hydrogen) atoms. The molecule has 8 aromatic carbocycles. The third-order valence-corrected chi connectivity index (χ3v) is 8.41. The average Bonchev–Trinajstić information content (AvgIpc) is 1.70. The van der Waals surface area contributed by atoms with Crippen LogP contribution >= 0.6 is 0 Å². The lowest BCUT2D eigenvalue weighted by atomic mass is 10.0. The smallest absolute Gasteiger partial charge is 0.0652 e. The summed E-state index contributed by atoms with van der Waals surface area (Å²) in [5.74, 6) is 0. The van der Waals surface area contributed by atoms with E-state index in [1.807, 2.05) is 0 Å².